The van der Waals surface area contributed by atoms with Gasteiger partial charge in [-0.3, -0.25) is 14.5 Å². The Morgan fingerprint density at radius 1 is 1.59 bits per heavy atom. The number of nitrogens with zero attached hydrogens (tertiary/aromatic N) is 3. The van der Waals surface area contributed by atoms with E-state index in [0.717, 1.165) is 16.2 Å². The van der Waals surface area contributed by atoms with Crippen molar-refractivity contribution in [2.24, 2.45) is 5.16 Å². The molecular weight excluding hydrogens is 394 g/mol. The molecule has 0 aliphatic carbocycles. The third kappa shape index (κ3) is 3.22. The summed E-state index contributed by atoms with van der Waals surface area (Å²) in [6, 6.07) is -0.922. The van der Waals surface area contributed by atoms with E-state index in [0.29, 0.717) is 0 Å². The molecular formula is C15H13N5O5S2. The van der Waals surface area contributed by atoms with Gasteiger partial charge in [0, 0.05) is 16.7 Å². The molecule has 12 heteroatoms. The Balaban J connectivity index is 1.80. The van der Waals surface area contributed by atoms with Crippen LogP contribution in [0.25, 0.3) is 0 Å². The molecule has 3 rings (SSSR count). The van der Waals surface area contributed by atoms with Crippen molar-refractivity contribution in [1.82, 2.24) is 15.2 Å². The summed E-state index contributed by atoms with van der Waals surface area (Å²) in [4.78, 5) is 46.2. The molecule has 2 atom stereocenters. The van der Waals surface area contributed by atoms with Crippen molar-refractivity contribution in [1.29, 1.82) is 0 Å². The van der Waals surface area contributed by atoms with Crippen LogP contribution in [0.15, 0.2) is 21.8 Å². The van der Waals surface area contributed by atoms with Crippen LogP contribution in [0.1, 0.15) is 5.69 Å². The normalized spacial score (nSPS) is 21.9. The number of terminal acetylenes is 1. The van der Waals surface area contributed by atoms with E-state index in [4.69, 9.17) is 12.2 Å². The molecule has 1 saturated heterocycles. The van der Waals surface area contributed by atoms with Crippen molar-refractivity contribution >= 4 is 51.7 Å². The van der Waals surface area contributed by atoms with Crippen molar-refractivity contribution < 1.29 is 24.3 Å². The molecule has 1 aromatic heterocycles. The number of nitrogens with two attached hydrogens (primary N) is 1. The average Bonchev–Trinajstić information content (AvgIpc) is 3.08. The van der Waals surface area contributed by atoms with E-state index in [1.807, 2.05) is 0 Å². The fourth-order valence-electron chi connectivity index (χ4n) is 2.63. The number of aromatic nitrogens is 1. The first kappa shape index (κ1) is 18.7. The molecule has 4 N–H and O–H groups in total. The summed E-state index contributed by atoms with van der Waals surface area (Å²) in [6.07, 6.45) is 5.33. The van der Waals surface area contributed by atoms with E-state index in [2.05, 4.69) is 26.2 Å². The number of fused-ring (bicyclic) bond motifs is 1. The fraction of sp³-hybridized carbons (Fsp3) is 0.267. The zero-order chi connectivity index (χ0) is 19.7. The zero-order valence-electron chi connectivity index (χ0n) is 13.8. The molecule has 140 valence electrons. The van der Waals surface area contributed by atoms with Gasteiger partial charge in [-0.05, 0) is 0 Å². The smallest absolute Gasteiger partial charge is 0.353 e. The summed E-state index contributed by atoms with van der Waals surface area (Å²) in [5.74, 6) is 0.00209. The number of thioether (sulfide) groups is 1. The molecule has 1 fully saturated rings. The molecule has 3 heterocycles. The number of carboxylic acids is 1. The molecule has 0 radical (unpaired) electrons. The van der Waals surface area contributed by atoms with Crippen molar-refractivity contribution in [3.8, 4) is 12.3 Å². The summed E-state index contributed by atoms with van der Waals surface area (Å²) < 4.78 is 0. The molecule has 10 nitrogen and oxygen atoms in total. The van der Waals surface area contributed by atoms with E-state index in [9.17, 15) is 19.5 Å². The van der Waals surface area contributed by atoms with Gasteiger partial charge in [-0.15, -0.1) is 29.5 Å². The van der Waals surface area contributed by atoms with Crippen LogP contribution in [0.2, 0.25) is 0 Å². The number of carbonyl (C=O) groups is 3. The maximum absolute atomic E-state index is 12.6. The van der Waals surface area contributed by atoms with Gasteiger partial charge >= 0.3 is 5.97 Å². The van der Waals surface area contributed by atoms with Crippen LogP contribution in [0, 0.1) is 12.3 Å². The number of carboxylic acid groups (broad SMARTS) is 1. The monoisotopic (exact) mass is 407 g/mol. The first-order valence-electron chi connectivity index (χ1n) is 7.40. The number of β-lactam (4-membered cyclic amide) rings is 1. The lowest BCUT2D eigenvalue weighted by Gasteiger charge is -2.48. The Bertz CT molecular complexity index is 931. The lowest BCUT2D eigenvalue weighted by molar-refractivity contribution is -0.150. The highest BCUT2D eigenvalue weighted by Gasteiger charge is 2.54. The zero-order valence-corrected chi connectivity index (χ0v) is 15.5. The van der Waals surface area contributed by atoms with Gasteiger partial charge in [0.25, 0.3) is 11.8 Å². The minimum atomic E-state index is -1.29. The summed E-state index contributed by atoms with van der Waals surface area (Å²) in [7, 11) is 1.27. The van der Waals surface area contributed by atoms with Crippen molar-refractivity contribution in [3.63, 3.8) is 0 Å². The van der Waals surface area contributed by atoms with Gasteiger partial charge in [0.1, 0.15) is 29.9 Å². The quantitative estimate of drug-likeness (QED) is 0.255. The van der Waals surface area contributed by atoms with E-state index >= 15 is 0 Å². The maximum atomic E-state index is 12.6. The van der Waals surface area contributed by atoms with Crippen LogP contribution in [-0.2, 0) is 19.2 Å². The van der Waals surface area contributed by atoms with Crippen LogP contribution in [-0.4, -0.2) is 62.8 Å². The molecule has 0 aromatic carbocycles. The van der Waals surface area contributed by atoms with Crippen LogP contribution in [0.5, 0.6) is 0 Å². The number of anilines is 1. The van der Waals surface area contributed by atoms with E-state index in [1.165, 1.54) is 24.3 Å². The van der Waals surface area contributed by atoms with Crippen LogP contribution < -0.4 is 11.1 Å². The number of hydrogen-bond acceptors (Lipinski definition) is 9. The fourth-order valence-corrected chi connectivity index (χ4v) is 4.47. The highest BCUT2D eigenvalue weighted by Crippen LogP contribution is 2.40. The number of aliphatic carboxylic acids is 1. The SMILES string of the molecule is C#CC1=C(C(=O)O)N2C(=O)C(NC(=O)C(=NOC)c3csc(N)n3)[C@@H]2SC1. The number of thiazole rings is 1. The highest BCUT2D eigenvalue weighted by atomic mass is 32.2. The van der Waals surface area contributed by atoms with Gasteiger partial charge in [0.15, 0.2) is 10.8 Å². The van der Waals surface area contributed by atoms with Crippen molar-refractivity contribution in [3.05, 3.63) is 22.3 Å². The number of hydrogen-bond donors (Lipinski definition) is 3. The summed E-state index contributed by atoms with van der Waals surface area (Å²) in [5.41, 5.74) is 5.63. The molecule has 2 amide bonds. The summed E-state index contributed by atoms with van der Waals surface area (Å²) in [5, 5.41) is 16.7. The Morgan fingerprint density at radius 3 is 2.89 bits per heavy atom. The third-order valence-electron chi connectivity index (χ3n) is 3.79. The molecule has 2 aliphatic heterocycles. The first-order chi connectivity index (χ1) is 12.9. The van der Waals surface area contributed by atoms with Gasteiger partial charge in [0.2, 0.25) is 0 Å². The van der Waals surface area contributed by atoms with Crippen LogP contribution in [0.4, 0.5) is 5.13 Å². The number of rotatable bonds is 5. The second-order valence-corrected chi connectivity index (χ2v) is 7.33. The standard InChI is InChI=1S/C15H13N5O5S2/c1-3-6-4-26-13-9(12(22)20(13)10(6)14(23)24)18-11(21)8(19-25-2)7-5-27-15(16)17-7/h1,5,9,13H,4H2,2H3,(H2,16,17)(H,18,21)(H,23,24)/t9?,13-/m0/s1. The van der Waals surface area contributed by atoms with Gasteiger partial charge in [-0.25, -0.2) is 9.78 Å². The Kier molecular flexibility index (Phi) is 5.06. The number of nitrogens with one attached hydrogen (secondary N) is 1. The van der Waals surface area contributed by atoms with Crippen LogP contribution in [0.3, 0.4) is 0 Å². The molecule has 0 bridgehead atoms. The van der Waals surface area contributed by atoms with Crippen molar-refractivity contribution in [2.45, 2.75) is 11.4 Å². The largest absolute Gasteiger partial charge is 0.477 e. The second-order valence-electron chi connectivity index (χ2n) is 5.33. The molecule has 0 spiro atoms. The van der Waals surface area contributed by atoms with Crippen LogP contribution >= 0.6 is 23.1 Å². The lowest BCUT2D eigenvalue weighted by atomic mass is 10.0. The maximum Gasteiger partial charge on any atom is 0.353 e. The number of nitrogen functional groups attached to an aromatic ring is 1. The van der Waals surface area contributed by atoms with Gasteiger partial charge < -0.3 is 21.0 Å². The van der Waals surface area contributed by atoms with E-state index < -0.39 is 29.2 Å². The average molecular weight is 407 g/mol. The summed E-state index contributed by atoms with van der Waals surface area (Å²) in [6.45, 7) is 0. The number of amides is 2. The van der Waals surface area contributed by atoms with E-state index in [1.54, 1.807) is 0 Å². The predicted octanol–water partition coefficient (Wildman–Crippen LogP) is -0.552. The number of carbonyl (C=O) groups excluding carboxylic acids is 2. The molecule has 0 saturated carbocycles. The predicted molar refractivity (Wildman–Crippen MR) is 98.6 cm³/mol. The third-order valence-corrected chi connectivity index (χ3v) is 5.75. The van der Waals surface area contributed by atoms with Gasteiger partial charge in [-0.2, -0.15) is 0 Å². The Hall–Kier alpha value is -3.04. The first-order valence-corrected chi connectivity index (χ1v) is 9.33. The molecule has 1 aromatic rings. The highest BCUT2D eigenvalue weighted by molar-refractivity contribution is 8.00. The van der Waals surface area contributed by atoms with E-state index in [-0.39, 0.29) is 33.6 Å². The minimum absolute atomic E-state index is 0.143. The van der Waals surface area contributed by atoms with Gasteiger partial charge in [0.05, 0.1) is 0 Å². The molecule has 27 heavy (non-hydrogen) atoms. The molecule has 1 unspecified atom stereocenters. The summed E-state index contributed by atoms with van der Waals surface area (Å²) >= 11 is 2.39. The Labute approximate surface area is 161 Å². The minimum Gasteiger partial charge on any atom is -0.477 e. The second kappa shape index (κ2) is 7.29. The topological polar surface area (TPSA) is 147 Å². The number of oxime groups is 1. The van der Waals surface area contributed by atoms with Crippen molar-refractivity contribution in [2.75, 3.05) is 18.6 Å². The lowest BCUT2D eigenvalue weighted by Crippen LogP contribution is -2.71. The van der Waals surface area contributed by atoms with Gasteiger partial charge in [-0.1, -0.05) is 11.1 Å². The molecule has 2 aliphatic rings. The Morgan fingerprint density at radius 2 is 2.33 bits per heavy atom.